The van der Waals surface area contributed by atoms with Gasteiger partial charge in [0.1, 0.15) is 11.2 Å². The fourth-order valence-electron chi connectivity index (χ4n) is 2.48. The molecule has 7 heteroatoms. The molecule has 1 saturated carbocycles. The number of nitrogens with zero attached hydrogens (tertiary/aromatic N) is 2. The van der Waals surface area contributed by atoms with Gasteiger partial charge in [0, 0.05) is 43.1 Å². The molecular formula is C14H21N3O2S2. The number of rotatable bonds is 5. The molecule has 116 valence electrons. The van der Waals surface area contributed by atoms with E-state index >= 15 is 0 Å². The molecule has 1 aliphatic carbocycles. The lowest BCUT2D eigenvalue weighted by atomic mass is 10.2. The molecule has 1 saturated heterocycles. The fraction of sp³-hybridized carbons (Fsp3) is 0.643. The van der Waals surface area contributed by atoms with Crippen LogP contribution in [0.25, 0.3) is 0 Å². The molecule has 1 aromatic heterocycles. The zero-order chi connectivity index (χ0) is 14.9. The van der Waals surface area contributed by atoms with Gasteiger partial charge in [-0.15, -0.1) is 0 Å². The van der Waals surface area contributed by atoms with E-state index in [4.69, 9.17) is 0 Å². The summed E-state index contributed by atoms with van der Waals surface area (Å²) in [5, 5.41) is 3.01. The Morgan fingerprint density at radius 1 is 1.48 bits per heavy atom. The molecule has 3 rings (SSSR count). The Morgan fingerprint density at radius 3 is 3.00 bits per heavy atom. The first-order valence-electron chi connectivity index (χ1n) is 7.25. The standard InChI is InChI=1S/C14H21N3O2S2/c1-21(18,19)14-10-20-7-6-17(14)13-8-11(4-5-15-13)9-16-12-2-3-12/h4-5,8,12,14,16H,2-3,6-7,9-10H2,1H3. The van der Waals surface area contributed by atoms with Crippen LogP contribution in [0, 0.1) is 0 Å². The summed E-state index contributed by atoms with van der Waals surface area (Å²) in [5.74, 6) is 2.34. The number of hydrogen-bond donors (Lipinski definition) is 1. The molecule has 1 atom stereocenters. The number of thioether (sulfide) groups is 1. The van der Waals surface area contributed by atoms with Crippen LogP contribution in [-0.4, -0.2) is 49.1 Å². The minimum Gasteiger partial charge on any atom is -0.338 e. The van der Waals surface area contributed by atoms with Crippen molar-refractivity contribution in [3.63, 3.8) is 0 Å². The Balaban J connectivity index is 1.78. The van der Waals surface area contributed by atoms with Crippen LogP contribution >= 0.6 is 11.8 Å². The Bertz CT molecular complexity index is 602. The van der Waals surface area contributed by atoms with E-state index in [2.05, 4.69) is 10.3 Å². The highest BCUT2D eigenvalue weighted by Gasteiger charge is 2.31. The van der Waals surface area contributed by atoms with Crippen LogP contribution in [0.4, 0.5) is 5.82 Å². The summed E-state index contributed by atoms with van der Waals surface area (Å²) >= 11 is 1.69. The van der Waals surface area contributed by atoms with E-state index < -0.39 is 15.2 Å². The summed E-state index contributed by atoms with van der Waals surface area (Å²) in [5.41, 5.74) is 1.16. The fourth-order valence-corrected chi connectivity index (χ4v) is 5.30. The quantitative estimate of drug-likeness (QED) is 0.878. The lowest BCUT2D eigenvalue weighted by Crippen LogP contribution is -2.47. The molecule has 2 heterocycles. The van der Waals surface area contributed by atoms with Gasteiger partial charge in [0.05, 0.1) is 0 Å². The second kappa shape index (κ2) is 6.14. The van der Waals surface area contributed by atoms with Gasteiger partial charge >= 0.3 is 0 Å². The van der Waals surface area contributed by atoms with Gasteiger partial charge in [0.2, 0.25) is 0 Å². The topological polar surface area (TPSA) is 62.3 Å². The van der Waals surface area contributed by atoms with Crippen LogP contribution < -0.4 is 10.2 Å². The van der Waals surface area contributed by atoms with Crippen molar-refractivity contribution in [2.75, 3.05) is 29.2 Å². The van der Waals surface area contributed by atoms with Crippen LogP contribution in [0.15, 0.2) is 18.3 Å². The molecule has 0 radical (unpaired) electrons. The summed E-state index contributed by atoms with van der Waals surface area (Å²) in [6.07, 6.45) is 5.62. The molecule has 2 aliphatic rings. The van der Waals surface area contributed by atoms with Crippen molar-refractivity contribution in [1.82, 2.24) is 10.3 Å². The third-order valence-corrected chi connectivity index (χ3v) is 6.50. The van der Waals surface area contributed by atoms with Gasteiger partial charge in [-0.25, -0.2) is 13.4 Å². The van der Waals surface area contributed by atoms with Crippen molar-refractivity contribution in [3.8, 4) is 0 Å². The van der Waals surface area contributed by atoms with E-state index in [1.165, 1.54) is 19.1 Å². The van der Waals surface area contributed by atoms with Gasteiger partial charge in [-0.3, -0.25) is 0 Å². The summed E-state index contributed by atoms with van der Waals surface area (Å²) in [6.45, 7) is 1.56. The summed E-state index contributed by atoms with van der Waals surface area (Å²) in [7, 11) is -3.10. The number of pyridine rings is 1. The Labute approximate surface area is 130 Å². The Morgan fingerprint density at radius 2 is 2.29 bits per heavy atom. The summed E-state index contributed by atoms with van der Waals surface area (Å²) in [6, 6.07) is 4.67. The molecule has 1 unspecified atom stereocenters. The number of sulfone groups is 1. The molecule has 5 nitrogen and oxygen atoms in total. The van der Waals surface area contributed by atoms with Gasteiger partial charge in [-0.2, -0.15) is 11.8 Å². The van der Waals surface area contributed by atoms with Crippen molar-refractivity contribution in [2.24, 2.45) is 0 Å². The first-order chi connectivity index (χ1) is 10.0. The van der Waals surface area contributed by atoms with Crippen molar-refractivity contribution in [2.45, 2.75) is 30.8 Å². The van der Waals surface area contributed by atoms with Gasteiger partial charge in [-0.05, 0) is 30.5 Å². The van der Waals surface area contributed by atoms with Crippen LogP contribution in [0.2, 0.25) is 0 Å². The molecule has 2 fully saturated rings. The van der Waals surface area contributed by atoms with E-state index in [1.54, 1.807) is 18.0 Å². The normalized spacial score (nSPS) is 23.3. The molecule has 21 heavy (non-hydrogen) atoms. The maximum absolute atomic E-state index is 12.0. The predicted molar refractivity (Wildman–Crippen MR) is 87.4 cm³/mol. The summed E-state index contributed by atoms with van der Waals surface area (Å²) < 4.78 is 24.0. The average molecular weight is 327 g/mol. The van der Waals surface area contributed by atoms with Crippen molar-refractivity contribution in [1.29, 1.82) is 0 Å². The first-order valence-corrected chi connectivity index (χ1v) is 10.4. The highest BCUT2D eigenvalue weighted by atomic mass is 32.2. The van der Waals surface area contributed by atoms with Gasteiger partial charge in [0.25, 0.3) is 0 Å². The zero-order valence-corrected chi connectivity index (χ0v) is 13.8. The Hall–Kier alpha value is -0.790. The molecule has 0 amide bonds. The minimum atomic E-state index is -3.10. The number of nitrogens with one attached hydrogen (secondary N) is 1. The summed E-state index contributed by atoms with van der Waals surface area (Å²) in [4.78, 5) is 6.33. The van der Waals surface area contributed by atoms with Crippen LogP contribution in [0.1, 0.15) is 18.4 Å². The highest BCUT2D eigenvalue weighted by Crippen LogP contribution is 2.26. The third-order valence-electron chi connectivity index (χ3n) is 3.86. The number of anilines is 1. The van der Waals surface area contributed by atoms with Gasteiger partial charge < -0.3 is 10.2 Å². The first kappa shape index (κ1) is 15.1. The van der Waals surface area contributed by atoms with Crippen LogP contribution in [-0.2, 0) is 16.4 Å². The largest absolute Gasteiger partial charge is 0.338 e. The SMILES string of the molecule is CS(=O)(=O)C1CSCCN1c1cc(CNC2CC2)ccn1. The molecular weight excluding hydrogens is 306 g/mol. The maximum Gasteiger partial charge on any atom is 0.169 e. The van der Waals surface area contributed by atoms with Crippen molar-refractivity contribution >= 4 is 27.4 Å². The van der Waals surface area contributed by atoms with Crippen molar-refractivity contribution in [3.05, 3.63) is 23.9 Å². The second-order valence-electron chi connectivity index (χ2n) is 5.73. The lowest BCUT2D eigenvalue weighted by Gasteiger charge is -2.35. The number of hydrogen-bond acceptors (Lipinski definition) is 6. The van der Waals surface area contributed by atoms with Crippen LogP contribution in [0.3, 0.4) is 0 Å². The molecule has 1 aliphatic heterocycles. The highest BCUT2D eigenvalue weighted by molar-refractivity contribution is 8.01. The van der Waals surface area contributed by atoms with Gasteiger partial charge in [0.15, 0.2) is 9.84 Å². The average Bonchev–Trinajstić information content (AvgIpc) is 3.29. The molecule has 0 bridgehead atoms. The molecule has 0 spiro atoms. The second-order valence-corrected chi connectivity index (χ2v) is 9.08. The minimum absolute atomic E-state index is 0.463. The monoisotopic (exact) mass is 327 g/mol. The predicted octanol–water partition coefficient (Wildman–Crippen LogP) is 1.26. The van der Waals surface area contributed by atoms with Crippen LogP contribution in [0.5, 0.6) is 0 Å². The number of aromatic nitrogens is 1. The molecule has 1 aromatic rings. The van der Waals surface area contributed by atoms with Crippen molar-refractivity contribution < 1.29 is 8.42 Å². The third kappa shape index (κ3) is 3.90. The van der Waals surface area contributed by atoms with Gasteiger partial charge in [-0.1, -0.05) is 0 Å². The maximum atomic E-state index is 12.0. The molecule has 1 N–H and O–H groups in total. The smallest absolute Gasteiger partial charge is 0.169 e. The molecule has 0 aromatic carbocycles. The van der Waals surface area contributed by atoms with E-state index in [9.17, 15) is 8.42 Å². The van der Waals surface area contributed by atoms with E-state index in [1.807, 2.05) is 17.0 Å². The lowest BCUT2D eigenvalue weighted by molar-refractivity contribution is 0.583. The van der Waals surface area contributed by atoms with E-state index in [-0.39, 0.29) is 0 Å². The van der Waals surface area contributed by atoms with E-state index in [0.29, 0.717) is 11.8 Å². The Kier molecular flexibility index (Phi) is 4.42. The zero-order valence-electron chi connectivity index (χ0n) is 12.2. The van der Waals surface area contributed by atoms with E-state index in [0.717, 1.165) is 30.2 Å².